The third-order valence-corrected chi connectivity index (χ3v) is 5.57. The molecule has 0 N–H and O–H groups in total. The van der Waals surface area contributed by atoms with E-state index >= 15 is 0 Å². The zero-order valence-electron chi connectivity index (χ0n) is 18.2. The predicted molar refractivity (Wildman–Crippen MR) is 132 cm³/mol. The first-order chi connectivity index (χ1) is 16.4. The van der Waals surface area contributed by atoms with E-state index in [-0.39, 0.29) is 0 Å². The number of nitrogens with zero attached hydrogens (tertiary/aromatic N) is 2. The minimum absolute atomic E-state index is 0.455. The lowest BCUT2D eigenvalue weighted by Crippen LogP contribution is -2.27. The van der Waals surface area contributed by atoms with Crippen LogP contribution in [0.15, 0.2) is 101 Å². The molecule has 2 aliphatic heterocycles. The quantitative estimate of drug-likeness (QED) is 0.427. The smallest absolute Gasteiger partial charge is 0.178 e. The van der Waals surface area contributed by atoms with Gasteiger partial charge in [-0.1, -0.05) is 72.8 Å². The Labute approximate surface area is 192 Å². The van der Waals surface area contributed by atoms with Crippen molar-refractivity contribution in [3.05, 3.63) is 123 Å². The van der Waals surface area contributed by atoms with Crippen LogP contribution in [0, 0.1) is 0 Å². The lowest BCUT2D eigenvalue weighted by molar-refractivity contribution is 0.296. The molecule has 2 heterocycles. The van der Waals surface area contributed by atoms with E-state index in [4.69, 9.17) is 9.47 Å². The van der Waals surface area contributed by atoms with Gasteiger partial charge in [-0.25, -0.2) is 9.98 Å². The summed E-state index contributed by atoms with van der Waals surface area (Å²) < 4.78 is 10.0. The highest BCUT2D eigenvalue weighted by Crippen LogP contribution is 2.27. The molecule has 3 aliphatic rings. The van der Waals surface area contributed by atoms with Crippen molar-refractivity contribution in [2.45, 2.75) is 6.42 Å². The van der Waals surface area contributed by atoms with Crippen molar-refractivity contribution in [2.75, 3.05) is 13.5 Å². The van der Waals surface area contributed by atoms with Crippen molar-refractivity contribution in [2.24, 2.45) is 9.98 Å². The van der Waals surface area contributed by atoms with Gasteiger partial charge < -0.3 is 9.47 Å². The molecule has 0 aromatic heterocycles. The van der Waals surface area contributed by atoms with Gasteiger partial charge in [-0.3, -0.25) is 0 Å². The molecule has 0 unspecified atom stereocenters. The Morgan fingerprint density at radius 1 is 0.606 bits per heavy atom. The monoisotopic (exact) mass is 432 g/mol. The first kappa shape index (κ1) is 20.7. The lowest BCUT2D eigenvalue weighted by Gasteiger charge is -2.11. The van der Waals surface area contributed by atoms with Gasteiger partial charge in [0.1, 0.15) is 0 Å². The molecule has 33 heavy (non-hydrogen) atoms. The van der Waals surface area contributed by atoms with Crippen molar-refractivity contribution in [1.82, 2.24) is 0 Å². The molecule has 4 aromatic carbocycles. The van der Waals surface area contributed by atoms with Gasteiger partial charge in [0.05, 0.1) is 23.2 Å². The zero-order valence-corrected chi connectivity index (χ0v) is 18.2. The van der Waals surface area contributed by atoms with Crippen molar-refractivity contribution < 1.29 is 9.47 Å². The highest BCUT2D eigenvalue weighted by Gasteiger charge is 2.06. The molecule has 4 nitrogen and oxygen atoms in total. The van der Waals surface area contributed by atoms with Gasteiger partial charge in [0.2, 0.25) is 0 Å². The summed E-state index contributed by atoms with van der Waals surface area (Å²) in [7, 11) is 0. The van der Waals surface area contributed by atoms with Crippen LogP contribution in [0.3, 0.4) is 0 Å². The summed E-state index contributed by atoms with van der Waals surface area (Å²) in [5.41, 5.74) is 2.81. The van der Waals surface area contributed by atoms with Crippen LogP contribution in [0.2, 0.25) is 0 Å². The molecule has 0 saturated carbocycles. The van der Waals surface area contributed by atoms with Crippen LogP contribution in [-0.4, -0.2) is 13.5 Å². The molecule has 162 valence electrons. The van der Waals surface area contributed by atoms with Gasteiger partial charge in [0, 0.05) is 10.4 Å². The molecule has 0 spiro atoms. The fourth-order valence-corrected chi connectivity index (χ4v) is 4.00. The number of hydrogen-bond donors (Lipinski definition) is 0. The molecule has 4 heteroatoms. The SMILES string of the molecule is C1=Cc2cccc3cccc(c23)C1.C1=c2ccccc2=NCO1.C1=c2ccccc2=NCO1. The zero-order chi connectivity index (χ0) is 22.3. The normalized spacial score (nSPS) is 13.8. The Kier molecular flexibility index (Phi) is 6.25. The summed E-state index contributed by atoms with van der Waals surface area (Å²) in [5.74, 6) is 0. The van der Waals surface area contributed by atoms with E-state index in [2.05, 4.69) is 58.5 Å². The molecule has 7 rings (SSSR count). The van der Waals surface area contributed by atoms with Gasteiger partial charge in [0.25, 0.3) is 0 Å². The van der Waals surface area contributed by atoms with Gasteiger partial charge in [-0.2, -0.15) is 0 Å². The maximum Gasteiger partial charge on any atom is 0.178 e. The van der Waals surface area contributed by atoms with E-state index in [1.165, 1.54) is 21.9 Å². The van der Waals surface area contributed by atoms with Gasteiger partial charge in [-0.05, 0) is 52.6 Å². The summed E-state index contributed by atoms with van der Waals surface area (Å²) in [6.07, 6.45) is 9.01. The van der Waals surface area contributed by atoms with Crippen LogP contribution < -0.4 is 21.2 Å². The second-order valence-corrected chi connectivity index (χ2v) is 7.73. The van der Waals surface area contributed by atoms with Crippen LogP contribution in [0.1, 0.15) is 11.1 Å². The molecule has 4 aromatic rings. The van der Waals surface area contributed by atoms with E-state index in [9.17, 15) is 0 Å². The van der Waals surface area contributed by atoms with Crippen LogP contribution in [-0.2, 0) is 15.9 Å². The highest BCUT2D eigenvalue weighted by atomic mass is 16.5. The highest BCUT2D eigenvalue weighted by molar-refractivity contribution is 5.94. The summed E-state index contributed by atoms with van der Waals surface area (Å²) in [5, 5.41) is 6.97. The second-order valence-electron chi connectivity index (χ2n) is 7.73. The third-order valence-electron chi connectivity index (χ3n) is 5.57. The van der Waals surface area contributed by atoms with E-state index in [1.54, 1.807) is 12.5 Å². The van der Waals surface area contributed by atoms with Gasteiger partial charge in [0.15, 0.2) is 13.5 Å². The Hall–Kier alpha value is -4.18. The maximum atomic E-state index is 5.00. The number of hydrogen-bond acceptors (Lipinski definition) is 4. The number of para-hydroxylation sites is 2. The predicted octanol–water partition coefficient (Wildman–Crippen LogP) is 3.47. The third kappa shape index (κ3) is 4.85. The minimum atomic E-state index is 0.455. The fraction of sp³-hybridized carbons (Fsp3) is 0.103. The Morgan fingerprint density at radius 2 is 1.21 bits per heavy atom. The van der Waals surface area contributed by atoms with Crippen molar-refractivity contribution in [1.29, 1.82) is 0 Å². The number of ether oxygens (including phenoxy) is 2. The first-order valence-electron chi connectivity index (χ1n) is 11.0. The molecule has 0 bridgehead atoms. The average molecular weight is 433 g/mol. The summed E-state index contributed by atoms with van der Waals surface area (Å²) >= 11 is 0. The minimum Gasteiger partial charge on any atom is -0.478 e. The lowest BCUT2D eigenvalue weighted by atomic mass is 9.93. The average Bonchev–Trinajstić information content (AvgIpc) is 2.90. The van der Waals surface area contributed by atoms with E-state index in [0.29, 0.717) is 13.5 Å². The summed E-state index contributed by atoms with van der Waals surface area (Å²) in [6.45, 7) is 0.911. The first-order valence-corrected chi connectivity index (χ1v) is 11.0. The Morgan fingerprint density at radius 3 is 1.85 bits per heavy atom. The van der Waals surface area contributed by atoms with Crippen LogP contribution in [0.25, 0.3) is 29.4 Å². The molecule has 0 atom stereocenters. The Bertz CT molecular complexity index is 1410. The van der Waals surface area contributed by atoms with E-state index in [1.807, 2.05) is 48.5 Å². The van der Waals surface area contributed by atoms with Gasteiger partial charge in [-0.15, -0.1) is 0 Å². The molecule has 1 aliphatic carbocycles. The van der Waals surface area contributed by atoms with Crippen LogP contribution >= 0.6 is 0 Å². The standard InChI is InChI=1S/C13H10.2C8H7NO/c1-4-10-6-2-8-12-9-3-7-11(5-1)13(10)12;2*1-2-4-8-7(3-1)5-10-6-9-8/h1-8H,9H2;2*1-5H,6H2. The Balaban J connectivity index is 0.000000105. The van der Waals surface area contributed by atoms with E-state index in [0.717, 1.165) is 27.6 Å². The topological polar surface area (TPSA) is 43.2 Å². The number of rotatable bonds is 0. The number of fused-ring (bicyclic) bond motifs is 2. The maximum absolute atomic E-state index is 5.00. The molecule has 0 radical (unpaired) electrons. The van der Waals surface area contributed by atoms with Crippen LogP contribution in [0.4, 0.5) is 0 Å². The van der Waals surface area contributed by atoms with E-state index < -0.39 is 0 Å². The van der Waals surface area contributed by atoms with Crippen LogP contribution in [0.5, 0.6) is 0 Å². The largest absolute Gasteiger partial charge is 0.478 e. The van der Waals surface area contributed by atoms with Gasteiger partial charge >= 0.3 is 0 Å². The number of benzene rings is 4. The number of allylic oxidation sites excluding steroid dienone is 1. The molecular weight excluding hydrogens is 408 g/mol. The summed E-state index contributed by atoms with van der Waals surface area (Å²) in [4.78, 5) is 8.28. The van der Waals surface area contributed by atoms with Crippen molar-refractivity contribution in [3.63, 3.8) is 0 Å². The van der Waals surface area contributed by atoms with Crippen molar-refractivity contribution >= 4 is 29.4 Å². The molecule has 0 saturated heterocycles. The van der Waals surface area contributed by atoms with Crippen molar-refractivity contribution in [3.8, 4) is 0 Å². The fourth-order valence-electron chi connectivity index (χ4n) is 4.00. The molecule has 0 fully saturated rings. The summed E-state index contributed by atoms with van der Waals surface area (Å²) in [6, 6.07) is 28.8. The molecular formula is C29H24N2O2. The second kappa shape index (κ2) is 9.96. The molecule has 0 amide bonds.